The van der Waals surface area contributed by atoms with E-state index in [-0.39, 0.29) is 23.3 Å². The van der Waals surface area contributed by atoms with Crippen LogP contribution in [0.25, 0.3) is 10.9 Å². The predicted octanol–water partition coefficient (Wildman–Crippen LogP) is 6.96. The normalized spacial score (nSPS) is 25.5. The number of nitrogens with one attached hydrogen (secondary N) is 1. The molecule has 1 atom stereocenters. The molecule has 1 aromatic heterocycles. The molecule has 3 aromatic rings. The number of halogens is 1. The van der Waals surface area contributed by atoms with Crippen LogP contribution in [0.5, 0.6) is 0 Å². The molecule has 1 unspecified atom stereocenters. The Kier molecular flexibility index (Phi) is 6.60. The minimum Gasteiger partial charge on any atom is -0.356 e. The third-order valence-corrected chi connectivity index (χ3v) is 9.67. The molecule has 1 spiro atoms. The lowest BCUT2D eigenvalue weighted by molar-refractivity contribution is -0.147. The van der Waals surface area contributed by atoms with Crippen LogP contribution in [-0.4, -0.2) is 41.3 Å². The maximum absolute atomic E-state index is 14.1. The zero-order chi connectivity index (χ0) is 25.6. The summed E-state index contributed by atoms with van der Waals surface area (Å²) in [5.41, 5.74) is 4.84. The summed E-state index contributed by atoms with van der Waals surface area (Å²) < 4.78 is 13.7. The molecule has 2 aliphatic carbocycles. The van der Waals surface area contributed by atoms with Crippen molar-refractivity contribution in [3.63, 3.8) is 0 Å². The number of aromatic nitrogens is 1. The van der Waals surface area contributed by atoms with Crippen molar-refractivity contribution in [1.82, 2.24) is 14.8 Å². The van der Waals surface area contributed by atoms with Crippen LogP contribution in [0.4, 0.5) is 4.39 Å². The number of H-pyrrole nitrogens is 1. The highest BCUT2D eigenvalue weighted by Gasteiger charge is 2.50. The van der Waals surface area contributed by atoms with Crippen molar-refractivity contribution in [3.05, 3.63) is 71.2 Å². The largest absolute Gasteiger partial charge is 0.356 e. The van der Waals surface area contributed by atoms with Crippen molar-refractivity contribution < 1.29 is 9.18 Å². The molecule has 2 heterocycles. The lowest BCUT2D eigenvalue weighted by atomic mass is 9.67. The van der Waals surface area contributed by atoms with Gasteiger partial charge in [-0.1, -0.05) is 49.6 Å². The number of aromatic amines is 1. The number of amides is 1. The number of fused-ring (bicyclic) bond motifs is 4. The van der Waals surface area contributed by atoms with Crippen molar-refractivity contribution in [1.29, 1.82) is 0 Å². The van der Waals surface area contributed by atoms with E-state index in [4.69, 9.17) is 0 Å². The first-order valence-electron chi connectivity index (χ1n) is 14.3. The first kappa shape index (κ1) is 24.7. The number of carbonyl (C=O) groups excluding carboxylic acids is 1. The van der Waals surface area contributed by atoms with Crippen LogP contribution in [0.1, 0.15) is 80.7 Å². The molecule has 1 N–H and O–H groups in total. The van der Waals surface area contributed by atoms with Gasteiger partial charge in [0.1, 0.15) is 5.82 Å². The van der Waals surface area contributed by atoms with Gasteiger partial charge < -0.3 is 14.8 Å². The van der Waals surface area contributed by atoms with Gasteiger partial charge in [-0.3, -0.25) is 4.79 Å². The third kappa shape index (κ3) is 4.29. The second kappa shape index (κ2) is 9.90. The number of benzene rings is 2. The molecule has 3 aliphatic rings. The van der Waals surface area contributed by atoms with E-state index in [1.54, 1.807) is 12.1 Å². The van der Waals surface area contributed by atoms with Crippen LogP contribution in [0.15, 0.2) is 48.5 Å². The van der Waals surface area contributed by atoms with Crippen LogP contribution in [0.3, 0.4) is 0 Å². The summed E-state index contributed by atoms with van der Waals surface area (Å²) in [5, 5.41) is 1.32. The molecule has 2 saturated carbocycles. The van der Waals surface area contributed by atoms with Gasteiger partial charge in [-0.2, -0.15) is 0 Å². The van der Waals surface area contributed by atoms with Gasteiger partial charge in [-0.05, 0) is 94.3 Å². The summed E-state index contributed by atoms with van der Waals surface area (Å²) >= 11 is 0. The van der Waals surface area contributed by atoms with Crippen molar-refractivity contribution in [2.24, 2.45) is 11.8 Å². The molecule has 1 amide bonds. The number of para-hydroxylation sites is 1. The Bertz CT molecular complexity index is 1250. The van der Waals surface area contributed by atoms with E-state index in [1.165, 1.54) is 47.0 Å². The standard InChI is InChI=1S/C32H40FN3O/c1-35(2)29(22-12-14-25(33)15-13-22)23-16-19-32(20-17-23)30-27(26-10-6-7-11-28(26)34-30)18-21-36(32)31(37)24-8-4-3-5-9-24/h6-7,10-15,23-24,29,34H,3-5,8-9,16-21H2,1-2H3. The first-order valence-corrected chi connectivity index (χ1v) is 14.3. The van der Waals surface area contributed by atoms with E-state index in [9.17, 15) is 9.18 Å². The zero-order valence-corrected chi connectivity index (χ0v) is 22.3. The lowest BCUT2D eigenvalue weighted by Crippen LogP contribution is -2.57. The second-order valence-electron chi connectivity index (χ2n) is 11.9. The highest BCUT2D eigenvalue weighted by molar-refractivity contribution is 5.87. The average molecular weight is 502 g/mol. The fourth-order valence-corrected chi connectivity index (χ4v) is 7.93. The molecule has 1 aliphatic heterocycles. The Hall–Kier alpha value is -2.66. The van der Waals surface area contributed by atoms with Gasteiger partial charge in [0.05, 0.1) is 5.54 Å². The van der Waals surface area contributed by atoms with E-state index in [0.717, 1.165) is 51.5 Å². The van der Waals surface area contributed by atoms with E-state index in [2.05, 4.69) is 53.1 Å². The summed E-state index contributed by atoms with van der Waals surface area (Å²) in [6.07, 6.45) is 10.7. The Balaban J connectivity index is 1.35. The average Bonchev–Trinajstić information content (AvgIpc) is 3.31. The van der Waals surface area contributed by atoms with E-state index < -0.39 is 0 Å². The minimum absolute atomic E-state index is 0.183. The van der Waals surface area contributed by atoms with Crippen LogP contribution in [0, 0.1) is 17.7 Å². The topological polar surface area (TPSA) is 39.3 Å². The van der Waals surface area contributed by atoms with Crippen LogP contribution in [0.2, 0.25) is 0 Å². The highest BCUT2D eigenvalue weighted by Crippen LogP contribution is 2.52. The number of nitrogens with zero attached hydrogens (tertiary/aromatic N) is 2. The maximum atomic E-state index is 14.1. The molecule has 2 fully saturated rings. The number of carbonyl (C=O) groups is 1. The van der Waals surface area contributed by atoms with Crippen LogP contribution >= 0.6 is 0 Å². The molecule has 5 heteroatoms. The molecule has 4 nitrogen and oxygen atoms in total. The number of rotatable bonds is 4. The van der Waals surface area contributed by atoms with Crippen molar-refractivity contribution >= 4 is 16.8 Å². The number of hydrogen-bond donors (Lipinski definition) is 1. The second-order valence-corrected chi connectivity index (χ2v) is 11.9. The van der Waals surface area contributed by atoms with Crippen molar-refractivity contribution in [3.8, 4) is 0 Å². The highest BCUT2D eigenvalue weighted by atomic mass is 19.1. The Morgan fingerprint density at radius 1 is 1.00 bits per heavy atom. The molecule has 0 radical (unpaired) electrons. The molecule has 37 heavy (non-hydrogen) atoms. The van der Waals surface area contributed by atoms with Gasteiger partial charge in [0, 0.05) is 35.1 Å². The van der Waals surface area contributed by atoms with E-state index >= 15 is 0 Å². The maximum Gasteiger partial charge on any atom is 0.226 e. The smallest absolute Gasteiger partial charge is 0.226 e. The van der Waals surface area contributed by atoms with Gasteiger partial charge in [-0.25, -0.2) is 4.39 Å². The Labute approximate surface area is 220 Å². The summed E-state index contributed by atoms with van der Waals surface area (Å²) in [6, 6.07) is 15.9. The minimum atomic E-state index is -0.253. The van der Waals surface area contributed by atoms with Gasteiger partial charge in [0.15, 0.2) is 0 Å². The van der Waals surface area contributed by atoms with E-state index in [1.807, 2.05) is 12.1 Å². The Morgan fingerprint density at radius 3 is 2.41 bits per heavy atom. The monoisotopic (exact) mass is 501 g/mol. The fourth-order valence-electron chi connectivity index (χ4n) is 7.93. The summed E-state index contributed by atoms with van der Waals surface area (Å²) in [5.74, 6) is 0.856. The van der Waals surface area contributed by atoms with E-state index in [0.29, 0.717) is 11.8 Å². The van der Waals surface area contributed by atoms with Crippen LogP contribution in [-0.2, 0) is 16.8 Å². The fraction of sp³-hybridized carbons (Fsp3) is 0.531. The molecule has 196 valence electrons. The molecular formula is C32H40FN3O. The molecule has 6 rings (SSSR count). The lowest BCUT2D eigenvalue weighted by Gasteiger charge is -2.52. The third-order valence-electron chi connectivity index (χ3n) is 9.67. The molecule has 0 saturated heterocycles. The van der Waals surface area contributed by atoms with Gasteiger partial charge >= 0.3 is 0 Å². The number of hydrogen-bond acceptors (Lipinski definition) is 2. The molecule has 2 aromatic carbocycles. The Morgan fingerprint density at radius 2 is 1.70 bits per heavy atom. The first-order chi connectivity index (χ1) is 18.0. The van der Waals surface area contributed by atoms with Crippen molar-refractivity contribution in [2.75, 3.05) is 20.6 Å². The van der Waals surface area contributed by atoms with Gasteiger partial charge in [0.2, 0.25) is 5.91 Å². The van der Waals surface area contributed by atoms with Crippen molar-refractivity contribution in [2.45, 2.75) is 75.8 Å². The predicted molar refractivity (Wildman–Crippen MR) is 147 cm³/mol. The summed E-state index contributed by atoms with van der Waals surface area (Å²) in [6.45, 7) is 0.823. The SMILES string of the molecule is CN(C)C(c1ccc(F)cc1)C1CCC2(CC1)c1[nH]c3ccccc3c1CCN2C(=O)C1CCCCC1. The van der Waals surface area contributed by atoms with Gasteiger partial charge in [0.25, 0.3) is 0 Å². The zero-order valence-electron chi connectivity index (χ0n) is 22.3. The summed E-state index contributed by atoms with van der Waals surface area (Å²) in [7, 11) is 4.27. The quantitative estimate of drug-likeness (QED) is 0.420. The molecule has 0 bridgehead atoms. The van der Waals surface area contributed by atoms with Gasteiger partial charge in [-0.15, -0.1) is 0 Å². The van der Waals surface area contributed by atoms with Crippen LogP contribution < -0.4 is 0 Å². The molecular weight excluding hydrogens is 461 g/mol. The summed E-state index contributed by atoms with van der Waals surface area (Å²) in [4.78, 5) is 22.5.